The van der Waals surface area contributed by atoms with Crippen molar-refractivity contribution in [3.63, 3.8) is 0 Å². The van der Waals surface area contributed by atoms with Crippen LogP contribution in [0, 0.1) is 0 Å². The molecule has 1 aliphatic rings. The summed E-state index contributed by atoms with van der Waals surface area (Å²) in [5.74, 6) is 0.547. The molecular formula is C27H23ClN2O3S. The average molecular weight is 491 g/mol. The Hall–Kier alpha value is -3.35. The van der Waals surface area contributed by atoms with Crippen LogP contribution in [0.5, 0.6) is 5.75 Å². The molecule has 1 unspecified atom stereocenters. The fourth-order valence-corrected chi connectivity index (χ4v) is 5.44. The maximum atomic E-state index is 12.4. The van der Waals surface area contributed by atoms with E-state index in [9.17, 15) is 9.59 Å². The van der Waals surface area contributed by atoms with Crippen LogP contribution in [0.2, 0.25) is 5.02 Å². The number of ketones is 1. The van der Waals surface area contributed by atoms with Gasteiger partial charge in [-0.1, -0.05) is 29.8 Å². The van der Waals surface area contributed by atoms with Crippen molar-refractivity contribution in [2.45, 2.75) is 19.4 Å². The van der Waals surface area contributed by atoms with Crippen molar-refractivity contribution in [2.75, 3.05) is 6.54 Å². The van der Waals surface area contributed by atoms with Crippen molar-refractivity contribution in [3.8, 4) is 16.2 Å². The maximum absolute atomic E-state index is 12.4. The number of amides is 1. The maximum Gasteiger partial charge on any atom is 0.244 e. The predicted molar refractivity (Wildman–Crippen MR) is 138 cm³/mol. The van der Waals surface area contributed by atoms with Crippen LogP contribution < -0.4 is 10.1 Å². The van der Waals surface area contributed by atoms with Gasteiger partial charge in [-0.2, -0.15) is 0 Å². The number of benzene rings is 2. The molecule has 7 heteroatoms. The van der Waals surface area contributed by atoms with Crippen LogP contribution in [0.25, 0.3) is 27.4 Å². The number of halogens is 1. The number of nitrogens with zero attached hydrogens (tertiary/aromatic N) is 1. The summed E-state index contributed by atoms with van der Waals surface area (Å²) >= 11 is 7.96. The number of nitrogens with one attached hydrogen (secondary N) is 1. The molecule has 34 heavy (non-hydrogen) atoms. The van der Waals surface area contributed by atoms with Crippen molar-refractivity contribution in [2.24, 2.45) is 7.05 Å². The lowest BCUT2D eigenvalue weighted by Crippen LogP contribution is -2.33. The summed E-state index contributed by atoms with van der Waals surface area (Å²) in [5.41, 5.74) is 4.09. The van der Waals surface area contributed by atoms with Gasteiger partial charge in [-0.15, -0.1) is 11.3 Å². The lowest BCUT2D eigenvalue weighted by atomic mass is 10.1. The van der Waals surface area contributed by atoms with Gasteiger partial charge in [-0.05, 0) is 48.9 Å². The molecule has 0 spiro atoms. The van der Waals surface area contributed by atoms with E-state index in [-0.39, 0.29) is 17.8 Å². The minimum Gasteiger partial charge on any atom is -0.486 e. The molecule has 3 heterocycles. The third kappa shape index (κ3) is 4.39. The van der Waals surface area contributed by atoms with Gasteiger partial charge in [0.15, 0.2) is 5.78 Å². The van der Waals surface area contributed by atoms with Crippen molar-refractivity contribution < 1.29 is 14.3 Å². The second kappa shape index (κ2) is 9.12. The van der Waals surface area contributed by atoms with Gasteiger partial charge < -0.3 is 14.6 Å². The zero-order valence-electron chi connectivity index (χ0n) is 18.8. The Bertz CT molecular complexity index is 1450. The number of fused-ring (bicyclic) bond motifs is 2. The zero-order valence-corrected chi connectivity index (χ0v) is 20.4. The van der Waals surface area contributed by atoms with Gasteiger partial charge in [-0.3, -0.25) is 9.59 Å². The summed E-state index contributed by atoms with van der Waals surface area (Å²) in [6.07, 6.45) is 5.87. The van der Waals surface area contributed by atoms with Crippen molar-refractivity contribution in [3.05, 3.63) is 81.8 Å². The third-order valence-corrected chi connectivity index (χ3v) is 7.45. The Kier molecular flexibility index (Phi) is 6.02. The van der Waals surface area contributed by atoms with Crippen LogP contribution in [0.1, 0.15) is 27.7 Å². The molecule has 0 radical (unpaired) electrons. The fraction of sp³-hybridized carbons (Fsp3) is 0.185. The second-order valence-corrected chi connectivity index (χ2v) is 9.89. The average Bonchev–Trinajstić information content (AvgIpc) is 3.54. The number of rotatable bonds is 6. The number of Topliss-reactive ketones (excluding diaryl/α,β-unsaturated/α-hetero) is 1. The van der Waals surface area contributed by atoms with E-state index in [4.69, 9.17) is 16.3 Å². The van der Waals surface area contributed by atoms with Gasteiger partial charge in [0.2, 0.25) is 5.91 Å². The summed E-state index contributed by atoms with van der Waals surface area (Å²) in [5, 5.41) is 4.57. The molecule has 1 aliphatic heterocycles. The number of aromatic nitrogens is 1. The SMILES string of the molecule is CC(=O)c1ccc(-c2cc(Cl)c3c(c2)CC(CNC(=O)/C=C/c2cn(C)c4ccccc24)O3)s1. The third-order valence-electron chi connectivity index (χ3n) is 5.94. The standard InChI is InChI=1S/C27H23ClN2O3S/c1-16(31)24-8-9-25(34-24)18-11-19-12-20(33-27(19)22(28)13-18)14-29-26(32)10-7-17-15-30(2)23-6-4-3-5-21(17)23/h3-11,13,15,20H,12,14H2,1-2H3,(H,29,32)/b10-7+. The molecule has 2 aromatic heterocycles. The van der Waals surface area contributed by atoms with Crippen LogP contribution >= 0.6 is 22.9 Å². The van der Waals surface area contributed by atoms with E-state index in [0.717, 1.165) is 37.3 Å². The topological polar surface area (TPSA) is 60.3 Å². The highest BCUT2D eigenvalue weighted by Crippen LogP contribution is 2.41. The highest BCUT2D eigenvalue weighted by molar-refractivity contribution is 7.17. The Balaban J connectivity index is 1.23. The molecule has 0 saturated heterocycles. The largest absolute Gasteiger partial charge is 0.486 e. The highest BCUT2D eigenvalue weighted by Gasteiger charge is 2.26. The fourth-order valence-electron chi connectivity index (χ4n) is 4.27. The molecule has 1 atom stereocenters. The van der Waals surface area contributed by atoms with Crippen LogP contribution in [-0.4, -0.2) is 28.9 Å². The smallest absolute Gasteiger partial charge is 0.244 e. The van der Waals surface area contributed by atoms with Crippen LogP contribution in [0.3, 0.4) is 0 Å². The van der Waals surface area contributed by atoms with Gasteiger partial charge in [-0.25, -0.2) is 0 Å². The molecule has 1 N–H and O–H groups in total. The van der Waals surface area contributed by atoms with E-state index >= 15 is 0 Å². The van der Waals surface area contributed by atoms with E-state index in [0.29, 0.717) is 23.7 Å². The first-order chi connectivity index (χ1) is 16.4. The molecule has 172 valence electrons. The first-order valence-corrected chi connectivity index (χ1v) is 12.2. The molecular weight excluding hydrogens is 468 g/mol. The normalized spacial score (nSPS) is 15.0. The number of ether oxygens (including phenoxy) is 1. The number of carbonyl (C=O) groups excluding carboxylic acids is 2. The number of thiophene rings is 1. The van der Waals surface area contributed by atoms with Crippen LogP contribution in [-0.2, 0) is 18.3 Å². The molecule has 1 amide bonds. The van der Waals surface area contributed by atoms with E-state index in [1.807, 2.05) is 60.3 Å². The predicted octanol–water partition coefficient (Wildman–Crippen LogP) is 5.90. The first kappa shape index (κ1) is 22.4. The summed E-state index contributed by atoms with van der Waals surface area (Å²) in [4.78, 5) is 25.8. The lowest BCUT2D eigenvalue weighted by Gasteiger charge is -2.11. The molecule has 2 aromatic carbocycles. The van der Waals surface area contributed by atoms with Crippen molar-refractivity contribution in [1.29, 1.82) is 0 Å². The van der Waals surface area contributed by atoms with Crippen LogP contribution in [0.15, 0.2) is 60.8 Å². The Morgan fingerprint density at radius 3 is 2.85 bits per heavy atom. The van der Waals surface area contributed by atoms with Crippen molar-refractivity contribution >= 4 is 51.6 Å². The monoisotopic (exact) mass is 490 g/mol. The Morgan fingerprint density at radius 1 is 1.24 bits per heavy atom. The van der Waals surface area contributed by atoms with Gasteiger partial charge in [0.05, 0.1) is 16.4 Å². The minimum atomic E-state index is -0.186. The number of para-hydroxylation sites is 1. The molecule has 5 rings (SSSR count). The Labute approximate surface area is 206 Å². The molecule has 4 aromatic rings. The number of hydrogen-bond acceptors (Lipinski definition) is 4. The van der Waals surface area contributed by atoms with E-state index in [2.05, 4.69) is 17.4 Å². The molecule has 0 bridgehead atoms. The first-order valence-electron chi connectivity index (χ1n) is 11.0. The number of aryl methyl sites for hydroxylation is 1. The van der Waals surface area contributed by atoms with Crippen molar-refractivity contribution in [1.82, 2.24) is 9.88 Å². The summed E-state index contributed by atoms with van der Waals surface area (Å²) in [6.45, 7) is 1.95. The number of hydrogen-bond donors (Lipinski definition) is 1. The van der Waals surface area contributed by atoms with Gasteiger partial charge in [0.1, 0.15) is 11.9 Å². The van der Waals surface area contributed by atoms with E-state index < -0.39 is 0 Å². The summed E-state index contributed by atoms with van der Waals surface area (Å²) in [7, 11) is 1.99. The quantitative estimate of drug-likeness (QED) is 0.270. The molecule has 0 fully saturated rings. The molecule has 0 saturated carbocycles. The van der Waals surface area contributed by atoms with Gasteiger partial charge in [0, 0.05) is 52.6 Å². The Morgan fingerprint density at radius 2 is 2.06 bits per heavy atom. The highest BCUT2D eigenvalue weighted by atomic mass is 35.5. The van der Waals surface area contributed by atoms with E-state index in [1.54, 1.807) is 13.0 Å². The van der Waals surface area contributed by atoms with Crippen LogP contribution in [0.4, 0.5) is 0 Å². The number of carbonyl (C=O) groups is 2. The molecule has 5 nitrogen and oxygen atoms in total. The zero-order chi connectivity index (χ0) is 23.8. The molecule has 0 aliphatic carbocycles. The summed E-state index contributed by atoms with van der Waals surface area (Å²) in [6, 6.07) is 15.8. The van der Waals surface area contributed by atoms with Gasteiger partial charge >= 0.3 is 0 Å². The van der Waals surface area contributed by atoms with Gasteiger partial charge in [0.25, 0.3) is 0 Å². The minimum absolute atomic E-state index is 0.0529. The summed E-state index contributed by atoms with van der Waals surface area (Å²) < 4.78 is 8.07. The van der Waals surface area contributed by atoms with E-state index in [1.165, 1.54) is 11.3 Å². The lowest BCUT2D eigenvalue weighted by molar-refractivity contribution is -0.116. The second-order valence-electron chi connectivity index (χ2n) is 8.40.